The topological polar surface area (TPSA) is 71.7 Å². The minimum Gasteiger partial charge on any atom is -0.453 e. The summed E-state index contributed by atoms with van der Waals surface area (Å²) < 4.78 is 10.3. The second-order valence-corrected chi connectivity index (χ2v) is 5.02. The average molecular weight is 289 g/mol. The van der Waals surface area contributed by atoms with Crippen molar-refractivity contribution in [2.24, 2.45) is 0 Å². The minimum atomic E-state index is -1.14. The third kappa shape index (κ3) is 3.93. The molecule has 0 spiro atoms. The van der Waals surface area contributed by atoms with Crippen molar-refractivity contribution in [1.82, 2.24) is 5.32 Å². The molecule has 5 nitrogen and oxygen atoms in total. The molecule has 2 N–H and O–H groups in total. The Balaban J connectivity index is 1.96. The van der Waals surface area contributed by atoms with Crippen molar-refractivity contribution < 1.29 is 19.1 Å². The molecule has 5 heteroatoms. The fourth-order valence-electron chi connectivity index (χ4n) is 1.96. The van der Waals surface area contributed by atoms with Crippen LogP contribution in [0.25, 0.3) is 0 Å². The first-order valence-electron chi connectivity index (χ1n) is 6.66. The van der Waals surface area contributed by atoms with Gasteiger partial charge in [-0.3, -0.25) is 4.79 Å². The Morgan fingerprint density at radius 1 is 1.29 bits per heavy atom. The number of hydrogen-bond acceptors (Lipinski definition) is 4. The second-order valence-electron chi connectivity index (χ2n) is 5.02. The maximum Gasteiger partial charge on any atom is 0.287 e. The largest absolute Gasteiger partial charge is 0.453 e. The fourth-order valence-corrected chi connectivity index (χ4v) is 1.96. The number of furan rings is 1. The SMILES string of the molecule is COCc1ccc(C(=O)NCC(C)(O)c2ccccc2)o1. The lowest BCUT2D eigenvalue weighted by Gasteiger charge is -2.23. The lowest BCUT2D eigenvalue weighted by Crippen LogP contribution is -2.38. The monoisotopic (exact) mass is 289 g/mol. The highest BCUT2D eigenvalue weighted by molar-refractivity contribution is 5.91. The van der Waals surface area contributed by atoms with Crippen LogP contribution in [0.2, 0.25) is 0 Å². The molecule has 0 aliphatic heterocycles. The van der Waals surface area contributed by atoms with Gasteiger partial charge in [0.05, 0.1) is 6.54 Å². The maximum absolute atomic E-state index is 12.0. The molecule has 21 heavy (non-hydrogen) atoms. The van der Waals surface area contributed by atoms with E-state index >= 15 is 0 Å². The quantitative estimate of drug-likeness (QED) is 0.854. The van der Waals surface area contributed by atoms with E-state index in [1.54, 1.807) is 26.2 Å². The Morgan fingerprint density at radius 2 is 2.00 bits per heavy atom. The first kappa shape index (κ1) is 15.3. The summed E-state index contributed by atoms with van der Waals surface area (Å²) in [5, 5.41) is 13.1. The van der Waals surface area contributed by atoms with Crippen LogP contribution in [0.15, 0.2) is 46.9 Å². The van der Waals surface area contributed by atoms with Gasteiger partial charge in [0.1, 0.15) is 18.0 Å². The van der Waals surface area contributed by atoms with Crippen LogP contribution in [0.5, 0.6) is 0 Å². The third-order valence-electron chi connectivity index (χ3n) is 3.16. The Labute approximate surface area is 123 Å². The van der Waals surface area contributed by atoms with Gasteiger partial charge >= 0.3 is 0 Å². The normalized spacial score (nSPS) is 13.7. The van der Waals surface area contributed by atoms with E-state index in [4.69, 9.17) is 9.15 Å². The predicted molar refractivity (Wildman–Crippen MR) is 77.8 cm³/mol. The van der Waals surface area contributed by atoms with Gasteiger partial charge in [-0.15, -0.1) is 0 Å². The molecule has 1 unspecified atom stereocenters. The van der Waals surface area contributed by atoms with Crippen LogP contribution < -0.4 is 5.32 Å². The van der Waals surface area contributed by atoms with Crippen molar-refractivity contribution in [3.05, 3.63) is 59.5 Å². The first-order chi connectivity index (χ1) is 10.0. The van der Waals surface area contributed by atoms with E-state index in [1.807, 2.05) is 30.3 Å². The van der Waals surface area contributed by atoms with E-state index in [9.17, 15) is 9.90 Å². The fraction of sp³-hybridized carbons (Fsp3) is 0.312. The van der Waals surface area contributed by atoms with E-state index in [-0.39, 0.29) is 18.2 Å². The molecule has 0 fully saturated rings. The van der Waals surface area contributed by atoms with E-state index in [0.717, 1.165) is 5.56 Å². The summed E-state index contributed by atoms with van der Waals surface area (Å²) in [5.41, 5.74) is -0.399. The van der Waals surface area contributed by atoms with Gasteiger partial charge in [0.15, 0.2) is 5.76 Å². The van der Waals surface area contributed by atoms with E-state index in [1.165, 1.54) is 0 Å². The van der Waals surface area contributed by atoms with Gasteiger partial charge in [0.25, 0.3) is 5.91 Å². The Bertz CT molecular complexity index is 589. The predicted octanol–water partition coefficient (Wildman–Crippen LogP) is 2.06. The molecule has 1 heterocycles. The molecule has 0 bridgehead atoms. The number of amides is 1. The number of rotatable bonds is 6. The summed E-state index contributed by atoms with van der Waals surface area (Å²) in [4.78, 5) is 12.0. The summed E-state index contributed by atoms with van der Waals surface area (Å²) >= 11 is 0. The molecule has 0 saturated heterocycles. The van der Waals surface area contributed by atoms with Crippen molar-refractivity contribution in [3.63, 3.8) is 0 Å². The Morgan fingerprint density at radius 3 is 2.67 bits per heavy atom. The molecule has 0 saturated carbocycles. The molecule has 112 valence electrons. The van der Waals surface area contributed by atoms with Crippen LogP contribution in [0, 0.1) is 0 Å². The van der Waals surface area contributed by atoms with Gasteiger partial charge in [0, 0.05) is 7.11 Å². The van der Waals surface area contributed by atoms with Gasteiger partial charge < -0.3 is 19.6 Å². The number of carbonyl (C=O) groups excluding carboxylic acids is 1. The van der Waals surface area contributed by atoms with Gasteiger partial charge in [-0.05, 0) is 24.6 Å². The van der Waals surface area contributed by atoms with Crippen molar-refractivity contribution in [3.8, 4) is 0 Å². The Kier molecular flexibility index (Phi) is 4.77. The van der Waals surface area contributed by atoms with Gasteiger partial charge in [-0.1, -0.05) is 30.3 Å². The highest BCUT2D eigenvalue weighted by Gasteiger charge is 2.24. The Hall–Kier alpha value is -2.11. The lowest BCUT2D eigenvalue weighted by molar-refractivity contribution is 0.0517. The minimum absolute atomic E-state index is 0.0934. The highest BCUT2D eigenvalue weighted by Crippen LogP contribution is 2.19. The third-order valence-corrected chi connectivity index (χ3v) is 3.16. The van der Waals surface area contributed by atoms with Crippen molar-refractivity contribution in [1.29, 1.82) is 0 Å². The van der Waals surface area contributed by atoms with Crippen LogP contribution >= 0.6 is 0 Å². The zero-order chi connectivity index (χ0) is 15.3. The van der Waals surface area contributed by atoms with Crippen molar-refractivity contribution in [2.75, 3.05) is 13.7 Å². The number of carbonyl (C=O) groups is 1. The molecule has 0 aliphatic rings. The number of benzene rings is 1. The van der Waals surface area contributed by atoms with Gasteiger partial charge in [-0.25, -0.2) is 0 Å². The molecule has 1 atom stereocenters. The lowest BCUT2D eigenvalue weighted by atomic mass is 9.96. The zero-order valence-corrected chi connectivity index (χ0v) is 12.1. The van der Waals surface area contributed by atoms with E-state index in [0.29, 0.717) is 12.4 Å². The second kappa shape index (κ2) is 6.56. The number of nitrogens with one attached hydrogen (secondary N) is 1. The van der Waals surface area contributed by atoms with Crippen molar-refractivity contribution in [2.45, 2.75) is 19.1 Å². The molecular formula is C16H19NO4. The summed E-state index contributed by atoms with van der Waals surface area (Å²) in [6.45, 7) is 2.06. The molecule has 1 aromatic carbocycles. The number of aliphatic hydroxyl groups is 1. The molecular weight excluding hydrogens is 270 g/mol. The molecule has 2 aromatic rings. The van der Waals surface area contributed by atoms with E-state index in [2.05, 4.69) is 5.32 Å². The average Bonchev–Trinajstić information content (AvgIpc) is 2.95. The standard InChI is InChI=1S/C16H19NO4/c1-16(19,12-6-4-3-5-7-12)11-17-15(18)14-9-8-13(21-14)10-20-2/h3-9,19H,10-11H2,1-2H3,(H,17,18). The molecule has 0 radical (unpaired) electrons. The zero-order valence-electron chi connectivity index (χ0n) is 12.1. The summed E-state index contributed by atoms with van der Waals surface area (Å²) in [7, 11) is 1.55. The summed E-state index contributed by atoms with van der Waals surface area (Å²) in [6, 6.07) is 12.5. The van der Waals surface area contributed by atoms with E-state index < -0.39 is 5.60 Å². The molecule has 0 aliphatic carbocycles. The summed E-state index contributed by atoms with van der Waals surface area (Å²) in [6.07, 6.45) is 0. The molecule has 1 aromatic heterocycles. The van der Waals surface area contributed by atoms with Crippen molar-refractivity contribution >= 4 is 5.91 Å². The summed E-state index contributed by atoms with van der Waals surface area (Å²) in [5.74, 6) is 0.414. The van der Waals surface area contributed by atoms with Crippen LogP contribution in [0.1, 0.15) is 28.8 Å². The highest BCUT2D eigenvalue weighted by atomic mass is 16.5. The van der Waals surface area contributed by atoms with Gasteiger partial charge in [-0.2, -0.15) is 0 Å². The van der Waals surface area contributed by atoms with Crippen LogP contribution in [0.3, 0.4) is 0 Å². The van der Waals surface area contributed by atoms with Crippen LogP contribution in [-0.2, 0) is 16.9 Å². The molecule has 2 rings (SSSR count). The van der Waals surface area contributed by atoms with Gasteiger partial charge in [0.2, 0.25) is 0 Å². The maximum atomic E-state index is 12.0. The number of ether oxygens (including phenoxy) is 1. The van der Waals surface area contributed by atoms with Crippen LogP contribution in [-0.4, -0.2) is 24.7 Å². The number of methoxy groups -OCH3 is 1. The molecule has 1 amide bonds. The van der Waals surface area contributed by atoms with Crippen LogP contribution in [0.4, 0.5) is 0 Å². The first-order valence-corrected chi connectivity index (χ1v) is 6.66. The number of hydrogen-bond donors (Lipinski definition) is 2. The smallest absolute Gasteiger partial charge is 0.287 e.